The molecule has 0 amide bonds. The fraction of sp³-hybridized carbons (Fsp3) is 0.130. The molecule has 0 saturated heterocycles. The number of para-hydroxylation sites is 2. The molecule has 73 heavy (non-hydrogen) atoms. The van der Waals surface area contributed by atoms with Gasteiger partial charge in [0.25, 0.3) is 0 Å². The van der Waals surface area contributed by atoms with E-state index in [9.17, 15) is 0 Å². The maximum Gasteiger partial charge on any atom is 0.0464 e. The first-order valence-corrected chi connectivity index (χ1v) is 25.9. The van der Waals surface area contributed by atoms with Crippen molar-refractivity contribution in [3.05, 3.63) is 290 Å². The first-order chi connectivity index (χ1) is 36.0. The second kappa shape index (κ2) is 22.6. The average molecular weight is 949 g/mol. The molecule has 0 radical (unpaired) electrons. The van der Waals surface area contributed by atoms with Crippen LogP contribution in [0, 0.1) is 18.8 Å². The molecule has 4 nitrogen and oxygen atoms in total. The Kier molecular flexibility index (Phi) is 14.9. The van der Waals surface area contributed by atoms with Crippen LogP contribution in [0.5, 0.6) is 0 Å². The normalized spacial score (nSPS) is 14.9. The molecule has 0 heterocycles. The van der Waals surface area contributed by atoms with Gasteiger partial charge in [-0.25, -0.2) is 0 Å². The Morgan fingerprint density at radius 1 is 0.548 bits per heavy atom. The van der Waals surface area contributed by atoms with Crippen molar-refractivity contribution < 1.29 is 0 Å². The summed E-state index contributed by atoms with van der Waals surface area (Å²) in [7, 11) is 0. The lowest BCUT2D eigenvalue weighted by Gasteiger charge is -2.35. The topological polar surface area (TPSA) is 13.0 Å². The SMILES string of the molecule is C=C/C(=C\c1ccccc1C)N(c1ccccc1)c1ccc(N(c2ccc(N(C3=CC=CCC3)c3ccc4ccccc4c3)cc2)c2ccc(N(/C(=C/CC)C(C)C3C=CC=CC3)c3ccccc3)cc2)cc1. The third kappa shape index (κ3) is 10.7. The summed E-state index contributed by atoms with van der Waals surface area (Å²) in [6.45, 7) is 11.1. The van der Waals surface area contributed by atoms with E-state index < -0.39 is 0 Å². The summed E-state index contributed by atoms with van der Waals surface area (Å²) < 4.78 is 0. The Balaban J connectivity index is 1.07. The molecule has 2 aliphatic carbocycles. The minimum atomic E-state index is 0.299. The molecule has 2 unspecified atom stereocenters. The van der Waals surface area contributed by atoms with Gasteiger partial charge in [0, 0.05) is 74.2 Å². The standard InChI is InChI=1S/C69H64N4/c1-5-23-69(53(4)54-25-11-7-12-26-54)73(61-34-17-10-18-35-61)67-48-46-65(47-49-67)71(63-40-38-62(39-41-63)70(59-30-13-8-14-31-59)58(6-2)50-56-28-20-19-24-52(56)3)64-42-44-66(45-43-64)72(60-32-15-9-16-33-60)68-37-36-55-27-21-22-29-57(55)51-68/h6-15,17-25,27-32,34-51,53-54H,2,5,16,26,33H2,1,3-4H3/b58-50+,69-23+. The quantitative estimate of drug-likeness (QED) is 0.0843. The summed E-state index contributed by atoms with van der Waals surface area (Å²) in [6.07, 6.45) is 26.3. The van der Waals surface area contributed by atoms with Crippen molar-refractivity contribution in [2.45, 2.75) is 46.5 Å². The maximum absolute atomic E-state index is 4.32. The molecule has 0 aliphatic heterocycles. The molecule has 8 aromatic rings. The number of allylic oxidation sites excluding steroid dienone is 11. The summed E-state index contributed by atoms with van der Waals surface area (Å²) in [4.78, 5) is 9.55. The number of benzene rings is 8. The predicted molar refractivity (Wildman–Crippen MR) is 314 cm³/mol. The highest BCUT2D eigenvalue weighted by Gasteiger charge is 2.26. The van der Waals surface area contributed by atoms with Gasteiger partial charge in [-0.2, -0.15) is 0 Å². The van der Waals surface area contributed by atoms with Gasteiger partial charge >= 0.3 is 0 Å². The van der Waals surface area contributed by atoms with Gasteiger partial charge in [-0.15, -0.1) is 0 Å². The van der Waals surface area contributed by atoms with Crippen LogP contribution in [0.15, 0.2) is 279 Å². The first kappa shape index (κ1) is 48.0. The molecule has 0 N–H and O–H groups in total. The van der Waals surface area contributed by atoms with Crippen LogP contribution in [0.4, 0.5) is 51.2 Å². The van der Waals surface area contributed by atoms with Crippen LogP contribution in [-0.2, 0) is 0 Å². The predicted octanol–water partition coefficient (Wildman–Crippen LogP) is 19.6. The van der Waals surface area contributed by atoms with Crippen LogP contribution in [0.25, 0.3) is 16.8 Å². The monoisotopic (exact) mass is 949 g/mol. The fourth-order valence-corrected chi connectivity index (χ4v) is 10.3. The Labute approximate surface area is 433 Å². The first-order valence-electron chi connectivity index (χ1n) is 25.9. The summed E-state index contributed by atoms with van der Waals surface area (Å²) in [5.74, 6) is 0.712. The van der Waals surface area contributed by atoms with E-state index in [1.54, 1.807) is 0 Å². The van der Waals surface area contributed by atoms with Crippen molar-refractivity contribution >= 4 is 68.0 Å². The number of hydrogen-bond acceptors (Lipinski definition) is 4. The number of anilines is 9. The zero-order chi connectivity index (χ0) is 49.9. The van der Waals surface area contributed by atoms with Crippen LogP contribution in [0.1, 0.15) is 50.7 Å². The molecule has 2 aliphatic rings. The summed E-state index contributed by atoms with van der Waals surface area (Å²) in [5.41, 5.74) is 15.7. The minimum absolute atomic E-state index is 0.299. The van der Waals surface area contributed by atoms with Gasteiger partial charge in [-0.05, 0) is 188 Å². The Bertz CT molecular complexity index is 3340. The molecule has 0 saturated carbocycles. The van der Waals surface area contributed by atoms with Crippen molar-refractivity contribution in [3.8, 4) is 0 Å². The number of nitrogens with zero attached hydrogens (tertiary/aromatic N) is 4. The molecule has 10 rings (SSSR count). The molecule has 0 fully saturated rings. The van der Waals surface area contributed by atoms with E-state index in [1.807, 2.05) is 6.08 Å². The van der Waals surface area contributed by atoms with E-state index in [2.05, 4.69) is 302 Å². The number of hydrogen-bond donors (Lipinski definition) is 0. The van der Waals surface area contributed by atoms with Gasteiger partial charge in [0.05, 0.1) is 0 Å². The molecule has 0 bridgehead atoms. The molecule has 4 heteroatoms. The van der Waals surface area contributed by atoms with Gasteiger partial charge in [-0.1, -0.05) is 154 Å². The zero-order valence-electron chi connectivity index (χ0n) is 42.3. The highest BCUT2D eigenvalue weighted by Crippen LogP contribution is 2.43. The largest absolute Gasteiger partial charge is 0.314 e. The number of aryl methyl sites for hydroxylation is 1. The second-order valence-corrected chi connectivity index (χ2v) is 18.9. The van der Waals surface area contributed by atoms with Crippen LogP contribution in [-0.4, -0.2) is 0 Å². The fourth-order valence-electron chi connectivity index (χ4n) is 10.3. The van der Waals surface area contributed by atoms with Gasteiger partial charge in [-0.3, -0.25) is 0 Å². The molecular weight excluding hydrogens is 885 g/mol. The molecular formula is C69H64N4. The summed E-state index contributed by atoms with van der Waals surface area (Å²) in [5, 5.41) is 2.46. The smallest absolute Gasteiger partial charge is 0.0464 e. The zero-order valence-corrected chi connectivity index (χ0v) is 42.3. The second-order valence-electron chi connectivity index (χ2n) is 18.9. The van der Waals surface area contributed by atoms with Crippen molar-refractivity contribution in [1.29, 1.82) is 0 Å². The van der Waals surface area contributed by atoms with Crippen molar-refractivity contribution in [2.75, 3.05) is 19.6 Å². The van der Waals surface area contributed by atoms with Gasteiger partial charge in [0.2, 0.25) is 0 Å². The average Bonchev–Trinajstić information content (AvgIpc) is 3.45. The van der Waals surface area contributed by atoms with Crippen molar-refractivity contribution in [3.63, 3.8) is 0 Å². The van der Waals surface area contributed by atoms with Crippen LogP contribution < -0.4 is 19.6 Å². The van der Waals surface area contributed by atoms with E-state index in [1.165, 1.54) is 27.7 Å². The highest BCUT2D eigenvalue weighted by atomic mass is 15.2. The molecule has 8 aromatic carbocycles. The summed E-state index contributed by atoms with van der Waals surface area (Å²) in [6, 6.07) is 72.5. The third-order valence-corrected chi connectivity index (χ3v) is 14.2. The van der Waals surface area contributed by atoms with E-state index in [0.29, 0.717) is 11.8 Å². The Hall–Kier alpha value is -8.60. The Morgan fingerprint density at radius 3 is 1.66 bits per heavy atom. The van der Waals surface area contributed by atoms with Gasteiger partial charge in [0.1, 0.15) is 0 Å². The lowest BCUT2D eigenvalue weighted by atomic mass is 9.85. The number of fused-ring (bicyclic) bond motifs is 1. The van der Waals surface area contributed by atoms with Crippen LogP contribution in [0.2, 0.25) is 0 Å². The van der Waals surface area contributed by atoms with Gasteiger partial charge < -0.3 is 19.6 Å². The van der Waals surface area contributed by atoms with E-state index in [4.69, 9.17) is 0 Å². The van der Waals surface area contributed by atoms with Gasteiger partial charge in [0.15, 0.2) is 0 Å². The van der Waals surface area contributed by atoms with E-state index >= 15 is 0 Å². The minimum Gasteiger partial charge on any atom is -0.314 e. The highest BCUT2D eigenvalue weighted by molar-refractivity contribution is 5.88. The molecule has 360 valence electrons. The van der Waals surface area contributed by atoms with Crippen molar-refractivity contribution in [2.24, 2.45) is 11.8 Å². The third-order valence-electron chi connectivity index (χ3n) is 14.2. The lowest BCUT2D eigenvalue weighted by molar-refractivity contribution is 0.483. The molecule has 0 aromatic heterocycles. The molecule has 0 spiro atoms. The summed E-state index contributed by atoms with van der Waals surface area (Å²) >= 11 is 0. The lowest BCUT2D eigenvalue weighted by Crippen LogP contribution is -2.26. The van der Waals surface area contributed by atoms with Crippen molar-refractivity contribution in [1.82, 2.24) is 0 Å². The van der Waals surface area contributed by atoms with E-state index in [-0.39, 0.29) is 0 Å². The Morgan fingerprint density at radius 2 is 1.08 bits per heavy atom. The number of rotatable bonds is 17. The molecule has 2 atom stereocenters. The maximum atomic E-state index is 4.32. The van der Waals surface area contributed by atoms with E-state index in [0.717, 1.165) is 88.1 Å². The van der Waals surface area contributed by atoms with Crippen LogP contribution in [0.3, 0.4) is 0 Å². The van der Waals surface area contributed by atoms with Crippen LogP contribution >= 0.6 is 0 Å².